The first-order chi connectivity index (χ1) is 6.27. The standard InChI is InChI=1S/C11H11BS/c1-8-6-7-13-11(8)9-2-4-10(12)5-3-9/h2-7H,12H2,1H3. The van der Waals surface area contributed by atoms with Crippen molar-refractivity contribution in [3.05, 3.63) is 41.3 Å². The first-order valence-corrected chi connectivity index (χ1v) is 5.26. The van der Waals surface area contributed by atoms with Crippen LogP contribution in [0.3, 0.4) is 0 Å². The van der Waals surface area contributed by atoms with E-state index in [-0.39, 0.29) is 0 Å². The maximum absolute atomic E-state index is 2.19. The van der Waals surface area contributed by atoms with Gasteiger partial charge in [0.15, 0.2) is 0 Å². The molecule has 1 aromatic heterocycles. The van der Waals surface area contributed by atoms with Crippen molar-refractivity contribution in [3.8, 4) is 10.4 Å². The van der Waals surface area contributed by atoms with Crippen LogP contribution in [0.2, 0.25) is 0 Å². The van der Waals surface area contributed by atoms with Crippen LogP contribution in [0.5, 0.6) is 0 Å². The van der Waals surface area contributed by atoms with Crippen molar-refractivity contribution in [2.75, 3.05) is 0 Å². The normalized spacial score (nSPS) is 10.2. The fourth-order valence-electron chi connectivity index (χ4n) is 1.37. The Morgan fingerprint density at radius 1 is 1.08 bits per heavy atom. The van der Waals surface area contributed by atoms with Crippen molar-refractivity contribution >= 4 is 24.6 Å². The van der Waals surface area contributed by atoms with Crippen molar-refractivity contribution in [2.45, 2.75) is 6.92 Å². The molecule has 1 aromatic carbocycles. The average Bonchev–Trinajstić information content (AvgIpc) is 2.53. The molecule has 0 bridgehead atoms. The molecule has 0 amide bonds. The zero-order valence-corrected chi connectivity index (χ0v) is 8.69. The summed E-state index contributed by atoms with van der Waals surface area (Å²) in [4.78, 5) is 1.39. The van der Waals surface area contributed by atoms with Gasteiger partial charge in [0.2, 0.25) is 0 Å². The number of hydrogen-bond donors (Lipinski definition) is 0. The second kappa shape index (κ2) is 3.39. The zero-order valence-electron chi connectivity index (χ0n) is 7.87. The van der Waals surface area contributed by atoms with E-state index in [1.807, 2.05) is 11.3 Å². The molecule has 1 heterocycles. The second-order valence-corrected chi connectivity index (χ2v) is 4.21. The third-order valence-corrected chi connectivity index (χ3v) is 3.24. The molecule has 0 aliphatic carbocycles. The highest BCUT2D eigenvalue weighted by Gasteiger charge is 2.01. The third kappa shape index (κ3) is 1.68. The van der Waals surface area contributed by atoms with Gasteiger partial charge in [-0.1, -0.05) is 29.7 Å². The first-order valence-electron chi connectivity index (χ1n) is 4.38. The Morgan fingerprint density at radius 2 is 1.77 bits per heavy atom. The van der Waals surface area contributed by atoms with E-state index in [4.69, 9.17) is 0 Å². The largest absolute Gasteiger partial charge is 0.144 e. The van der Waals surface area contributed by atoms with Crippen molar-refractivity contribution in [3.63, 3.8) is 0 Å². The fraction of sp³-hybridized carbons (Fsp3) is 0.0909. The van der Waals surface area contributed by atoms with Gasteiger partial charge >= 0.3 is 0 Å². The van der Waals surface area contributed by atoms with Gasteiger partial charge in [0.1, 0.15) is 7.85 Å². The molecule has 0 saturated heterocycles. The van der Waals surface area contributed by atoms with E-state index < -0.39 is 0 Å². The van der Waals surface area contributed by atoms with Crippen LogP contribution in [-0.2, 0) is 0 Å². The molecule has 0 nitrogen and oxygen atoms in total. The Labute approximate surface area is 83.6 Å². The topological polar surface area (TPSA) is 0 Å². The Bertz CT molecular complexity index is 400. The number of hydrogen-bond acceptors (Lipinski definition) is 1. The van der Waals surface area contributed by atoms with Crippen molar-refractivity contribution in [1.29, 1.82) is 0 Å². The van der Waals surface area contributed by atoms with E-state index in [2.05, 4.69) is 50.5 Å². The molecule has 0 radical (unpaired) electrons. The van der Waals surface area contributed by atoms with Crippen LogP contribution in [0.4, 0.5) is 0 Å². The van der Waals surface area contributed by atoms with Crippen LogP contribution in [0, 0.1) is 6.92 Å². The Kier molecular flexibility index (Phi) is 2.23. The lowest BCUT2D eigenvalue weighted by atomic mass is 9.95. The summed E-state index contributed by atoms with van der Waals surface area (Å²) in [7, 11) is 2.12. The van der Waals surface area contributed by atoms with Crippen LogP contribution in [0.15, 0.2) is 35.7 Å². The number of benzene rings is 1. The molecule has 2 aromatic rings. The van der Waals surface area contributed by atoms with E-state index in [1.54, 1.807) is 0 Å². The van der Waals surface area contributed by atoms with Crippen LogP contribution in [0.25, 0.3) is 10.4 Å². The zero-order chi connectivity index (χ0) is 9.26. The van der Waals surface area contributed by atoms with E-state index in [1.165, 1.54) is 21.5 Å². The van der Waals surface area contributed by atoms with Crippen LogP contribution < -0.4 is 5.46 Å². The molecule has 64 valence electrons. The first kappa shape index (κ1) is 8.58. The average molecular weight is 186 g/mol. The van der Waals surface area contributed by atoms with Gasteiger partial charge in [0, 0.05) is 4.88 Å². The molecule has 0 atom stereocenters. The minimum atomic E-state index is 1.32. The summed E-state index contributed by atoms with van der Waals surface area (Å²) in [6, 6.07) is 10.9. The van der Waals surface area contributed by atoms with Crippen LogP contribution in [0.1, 0.15) is 5.56 Å². The van der Waals surface area contributed by atoms with E-state index in [0.29, 0.717) is 0 Å². The summed E-state index contributed by atoms with van der Waals surface area (Å²) < 4.78 is 0. The van der Waals surface area contributed by atoms with Gasteiger partial charge in [-0.25, -0.2) is 0 Å². The molecular weight excluding hydrogens is 175 g/mol. The molecule has 13 heavy (non-hydrogen) atoms. The fourth-order valence-corrected chi connectivity index (χ4v) is 2.31. The number of rotatable bonds is 1. The highest BCUT2D eigenvalue weighted by molar-refractivity contribution is 7.13. The lowest BCUT2D eigenvalue weighted by Gasteiger charge is -1.99. The second-order valence-electron chi connectivity index (χ2n) is 3.30. The number of thiophene rings is 1. The summed E-state index contributed by atoms with van der Waals surface area (Å²) in [5.74, 6) is 0. The van der Waals surface area contributed by atoms with E-state index >= 15 is 0 Å². The van der Waals surface area contributed by atoms with Crippen LogP contribution in [-0.4, -0.2) is 7.85 Å². The molecule has 2 rings (SSSR count). The molecule has 0 fully saturated rings. The van der Waals surface area contributed by atoms with Gasteiger partial charge in [-0.3, -0.25) is 0 Å². The Hall–Kier alpha value is -1.02. The quantitative estimate of drug-likeness (QED) is 0.597. The minimum absolute atomic E-state index is 1.32. The molecule has 0 aliphatic heterocycles. The highest BCUT2D eigenvalue weighted by atomic mass is 32.1. The SMILES string of the molecule is Bc1ccc(-c2sccc2C)cc1. The highest BCUT2D eigenvalue weighted by Crippen LogP contribution is 2.27. The lowest BCUT2D eigenvalue weighted by molar-refractivity contribution is 1.54. The lowest BCUT2D eigenvalue weighted by Crippen LogP contribution is -1.98. The van der Waals surface area contributed by atoms with Gasteiger partial charge < -0.3 is 0 Å². The molecule has 0 saturated carbocycles. The number of aryl methyl sites for hydroxylation is 1. The van der Waals surface area contributed by atoms with Gasteiger partial charge in [0.25, 0.3) is 0 Å². The summed E-state index contributed by atoms with van der Waals surface area (Å²) in [5, 5.41) is 2.14. The monoisotopic (exact) mass is 186 g/mol. The van der Waals surface area contributed by atoms with E-state index in [0.717, 1.165) is 0 Å². The summed E-state index contributed by atoms with van der Waals surface area (Å²) in [5.41, 5.74) is 4.02. The maximum Gasteiger partial charge on any atom is 0.139 e. The summed E-state index contributed by atoms with van der Waals surface area (Å²) in [6.07, 6.45) is 0. The van der Waals surface area contributed by atoms with Crippen LogP contribution >= 0.6 is 11.3 Å². The van der Waals surface area contributed by atoms with Gasteiger partial charge in [-0.2, -0.15) is 0 Å². The maximum atomic E-state index is 2.19. The van der Waals surface area contributed by atoms with Gasteiger partial charge in [-0.15, -0.1) is 11.3 Å². The summed E-state index contributed by atoms with van der Waals surface area (Å²) >= 11 is 1.81. The predicted octanol–water partition coefficient (Wildman–Crippen LogP) is 1.98. The van der Waals surface area contributed by atoms with Crippen molar-refractivity contribution in [1.82, 2.24) is 0 Å². The van der Waals surface area contributed by atoms with E-state index in [9.17, 15) is 0 Å². The Balaban J connectivity index is 2.47. The smallest absolute Gasteiger partial charge is 0.139 e. The molecule has 0 unspecified atom stereocenters. The summed E-state index contributed by atoms with van der Waals surface area (Å²) in [6.45, 7) is 2.16. The molecule has 0 spiro atoms. The molecule has 2 heteroatoms. The minimum Gasteiger partial charge on any atom is -0.144 e. The van der Waals surface area contributed by atoms with Gasteiger partial charge in [0.05, 0.1) is 0 Å². The third-order valence-electron chi connectivity index (χ3n) is 2.18. The van der Waals surface area contributed by atoms with Gasteiger partial charge in [-0.05, 0) is 29.5 Å². The molecule has 0 aliphatic rings. The molecular formula is C11H11BS. The predicted molar refractivity (Wildman–Crippen MR) is 62.7 cm³/mol. The van der Waals surface area contributed by atoms with Crippen molar-refractivity contribution in [2.24, 2.45) is 0 Å². The molecule has 0 N–H and O–H groups in total. The Morgan fingerprint density at radius 3 is 2.31 bits per heavy atom. The van der Waals surface area contributed by atoms with Crippen molar-refractivity contribution < 1.29 is 0 Å².